The maximum absolute atomic E-state index is 11.8. The molecule has 0 aromatic carbocycles. The van der Waals surface area contributed by atoms with Crippen LogP contribution in [0.5, 0.6) is 0 Å². The smallest absolute Gasteiger partial charge is 0.223 e. The van der Waals surface area contributed by atoms with Crippen LogP contribution in [0.25, 0.3) is 10.6 Å². The van der Waals surface area contributed by atoms with Crippen molar-refractivity contribution in [3.8, 4) is 10.6 Å². The summed E-state index contributed by atoms with van der Waals surface area (Å²) >= 11 is 9.06. The lowest BCUT2D eigenvalue weighted by molar-refractivity contribution is -0.132. The fourth-order valence-corrected chi connectivity index (χ4v) is 4.26. The zero-order valence-electron chi connectivity index (χ0n) is 12.2. The molecule has 0 unspecified atom stereocenters. The van der Waals surface area contributed by atoms with Crippen LogP contribution in [0.1, 0.15) is 11.4 Å². The Hall–Kier alpha value is -0.950. The lowest BCUT2D eigenvalue weighted by Crippen LogP contribution is -2.48. The van der Waals surface area contributed by atoms with E-state index in [0.29, 0.717) is 12.3 Å². The van der Waals surface area contributed by atoms with Gasteiger partial charge in [0, 0.05) is 43.9 Å². The number of nitrogens with zero attached hydrogens (tertiary/aromatic N) is 3. The Kier molecular flexibility index (Phi) is 5.46. The van der Waals surface area contributed by atoms with E-state index in [1.807, 2.05) is 4.90 Å². The number of thiazole rings is 1. The Labute approximate surface area is 143 Å². The summed E-state index contributed by atoms with van der Waals surface area (Å²) in [6.07, 6.45) is 0.443. The molecule has 1 aliphatic rings. The predicted molar refractivity (Wildman–Crippen MR) is 92.6 cm³/mol. The largest absolute Gasteiger partial charge is 0.340 e. The predicted octanol–water partition coefficient (Wildman–Crippen LogP) is 3.14. The number of aromatic nitrogens is 1. The summed E-state index contributed by atoms with van der Waals surface area (Å²) in [6.45, 7) is 4.26. The third-order valence-corrected chi connectivity index (χ3v) is 5.63. The number of hydrogen-bond donors (Lipinski definition) is 0. The second kappa shape index (κ2) is 7.55. The van der Waals surface area contributed by atoms with Crippen LogP contribution in [0.15, 0.2) is 22.9 Å². The molecule has 4 nitrogen and oxygen atoms in total. The van der Waals surface area contributed by atoms with E-state index < -0.39 is 0 Å². The second-order valence-electron chi connectivity index (χ2n) is 5.20. The van der Waals surface area contributed by atoms with Gasteiger partial charge in [-0.15, -0.1) is 34.3 Å². The van der Waals surface area contributed by atoms with Gasteiger partial charge in [-0.2, -0.15) is 0 Å². The first-order valence-corrected chi connectivity index (χ1v) is 9.60. The summed E-state index contributed by atoms with van der Waals surface area (Å²) in [4.78, 5) is 22.0. The van der Waals surface area contributed by atoms with Crippen LogP contribution in [0.3, 0.4) is 0 Å². The van der Waals surface area contributed by atoms with E-state index in [0.717, 1.165) is 43.4 Å². The molecule has 1 amide bonds. The summed E-state index contributed by atoms with van der Waals surface area (Å²) in [5.41, 5.74) is 1.07. The van der Waals surface area contributed by atoms with Gasteiger partial charge in [-0.25, -0.2) is 4.98 Å². The van der Waals surface area contributed by atoms with E-state index in [4.69, 9.17) is 16.6 Å². The fourth-order valence-electron chi connectivity index (χ4n) is 2.51. The topological polar surface area (TPSA) is 36.4 Å². The molecular formula is C15H18ClN3OS2. The van der Waals surface area contributed by atoms with Crippen LogP contribution in [0.4, 0.5) is 0 Å². The number of thiophene rings is 1. The Morgan fingerprint density at radius 3 is 2.77 bits per heavy atom. The molecule has 22 heavy (non-hydrogen) atoms. The third kappa shape index (κ3) is 3.87. The van der Waals surface area contributed by atoms with Crippen LogP contribution in [-0.4, -0.2) is 52.8 Å². The van der Waals surface area contributed by atoms with Gasteiger partial charge >= 0.3 is 0 Å². The van der Waals surface area contributed by atoms with Gasteiger partial charge in [0.1, 0.15) is 5.01 Å². The molecule has 1 fully saturated rings. The zero-order valence-corrected chi connectivity index (χ0v) is 14.6. The van der Waals surface area contributed by atoms with Gasteiger partial charge in [0.15, 0.2) is 0 Å². The first-order chi connectivity index (χ1) is 10.8. The van der Waals surface area contributed by atoms with Crippen molar-refractivity contribution < 1.29 is 4.79 Å². The molecule has 0 N–H and O–H groups in total. The van der Waals surface area contributed by atoms with Crippen LogP contribution in [0, 0.1) is 0 Å². The molecule has 0 bridgehead atoms. The Morgan fingerprint density at radius 1 is 1.27 bits per heavy atom. The van der Waals surface area contributed by atoms with Gasteiger partial charge in [0.05, 0.1) is 17.1 Å². The summed E-state index contributed by atoms with van der Waals surface area (Å²) in [5, 5.41) is 5.34. The van der Waals surface area contributed by atoms with Crippen molar-refractivity contribution in [1.29, 1.82) is 0 Å². The lowest BCUT2D eigenvalue weighted by Gasteiger charge is -2.34. The molecule has 0 spiro atoms. The minimum atomic E-state index is 0.170. The molecule has 0 atom stereocenters. The van der Waals surface area contributed by atoms with Crippen molar-refractivity contribution in [2.24, 2.45) is 0 Å². The van der Waals surface area contributed by atoms with Crippen LogP contribution in [0.2, 0.25) is 0 Å². The Morgan fingerprint density at radius 2 is 2.09 bits per heavy atom. The third-order valence-electron chi connectivity index (χ3n) is 3.72. The molecule has 1 saturated heterocycles. The minimum Gasteiger partial charge on any atom is -0.340 e. The second-order valence-corrected chi connectivity index (χ2v) is 7.47. The summed E-state index contributed by atoms with van der Waals surface area (Å²) in [5.74, 6) is 0.577. The normalized spacial score (nSPS) is 16.1. The number of halogens is 1. The molecular weight excluding hydrogens is 338 g/mol. The highest BCUT2D eigenvalue weighted by Crippen LogP contribution is 2.26. The summed E-state index contributed by atoms with van der Waals surface area (Å²) in [7, 11) is 0. The standard InChI is InChI=1S/C15H18ClN3OS2/c16-4-3-15(20)19-7-5-18(6-8-19)10-14-17-12(11-22-14)13-2-1-9-21-13/h1-2,9,11H,3-8,10H2. The molecule has 0 saturated carbocycles. The van der Waals surface area contributed by atoms with Crippen LogP contribution >= 0.6 is 34.3 Å². The van der Waals surface area contributed by atoms with E-state index in [1.165, 1.54) is 4.88 Å². The highest BCUT2D eigenvalue weighted by molar-refractivity contribution is 7.14. The van der Waals surface area contributed by atoms with E-state index in [2.05, 4.69) is 27.8 Å². The Bertz CT molecular complexity index is 606. The molecule has 118 valence electrons. The monoisotopic (exact) mass is 355 g/mol. The molecule has 7 heteroatoms. The quantitative estimate of drug-likeness (QED) is 0.773. The number of rotatable bonds is 5. The fraction of sp³-hybridized carbons (Fsp3) is 0.467. The van der Waals surface area contributed by atoms with Crippen molar-refractivity contribution in [3.63, 3.8) is 0 Å². The first kappa shape index (κ1) is 15.9. The average Bonchev–Trinajstić information content (AvgIpc) is 3.19. The summed E-state index contributed by atoms with van der Waals surface area (Å²) in [6, 6.07) is 4.15. The SMILES string of the molecule is O=C(CCCl)N1CCN(Cc2nc(-c3cccs3)cs2)CC1. The Balaban J connectivity index is 1.52. The highest BCUT2D eigenvalue weighted by atomic mass is 35.5. The van der Waals surface area contributed by atoms with Gasteiger partial charge in [0.25, 0.3) is 0 Å². The lowest BCUT2D eigenvalue weighted by atomic mass is 10.3. The molecule has 0 aliphatic carbocycles. The maximum atomic E-state index is 11.8. The van der Waals surface area contributed by atoms with Gasteiger partial charge in [-0.1, -0.05) is 6.07 Å². The minimum absolute atomic E-state index is 0.170. The molecule has 0 radical (unpaired) electrons. The average molecular weight is 356 g/mol. The van der Waals surface area contributed by atoms with Gasteiger partial charge in [0.2, 0.25) is 5.91 Å². The number of carbonyl (C=O) groups is 1. The molecule has 3 rings (SSSR count). The van der Waals surface area contributed by atoms with Crippen molar-refractivity contribution in [2.75, 3.05) is 32.1 Å². The van der Waals surface area contributed by atoms with Crippen molar-refractivity contribution >= 4 is 40.2 Å². The van der Waals surface area contributed by atoms with E-state index >= 15 is 0 Å². The number of alkyl halides is 1. The van der Waals surface area contributed by atoms with Crippen LogP contribution in [-0.2, 0) is 11.3 Å². The van der Waals surface area contributed by atoms with Crippen molar-refractivity contribution in [1.82, 2.24) is 14.8 Å². The number of hydrogen-bond acceptors (Lipinski definition) is 5. The maximum Gasteiger partial charge on any atom is 0.223 e. The number of piperazine rings is 1. The number of amides is 1. The highest BCUT2D eigenvalue weighted by Gasteiger charge is 2.21. The molecule has 2 aromatic rings. The zero-order chi connectivity index (χ0) is 15.4. The molecule has 2 aromatic heterocycles. The first-order valence-electron chi connectivity index (χ1n) is 7.30. The van der Waals surface area contributed by atoms with Gasteiger partial charge in [-0.05, 0) is 11.4 Å². The van der Waals surface area contributed by atoms with E-state index in [-0.39, 0.29) is 5.91 Å². The molecule has 1 aliphatic heterocycles. The van der Waals surface area contributed by atoms with Gasteiger partial charge < -0.3 is 4.90 Å². The van der Waals surface area contributed by atoms with E-state index in [1.54, 1.807) is 22.7 Å². The van der Waals surface area contributed by atoms with E-state index in [9.17, 15) is 4.79 Å². The summed E-state index contributed by atoms with van der Waals surface area (Å²) < 4.78 is 0. The van der Waals surface area contributed by atoms with Gasteiger partial charge in [-0.3, -0.25) is 9.69 Å². The van der Waals surface area contributed by atoms with Crippen molar-refractivity contribution in [2.45, 2.75) is 13.0 Å². The van der Waals surface area contributed by atoms with Crippen LogP contribution < -0.4 is 0 Å². The number of carbonyl (C=O) groups excluding carboxylic acids is 1. The molecule has 3 heterocycles. The van der Waals surface area contributed by atoms with Crippen molar-refractivity contribution in [3.05, 3.63) is 27.9 Å².